The molecular formula is C27H24N2O3. The fourth-order valence-corrected chi connectivity index (χ4v) is 3.04. The van der Waals surface area contributed by atoms with Crippen molar-refractivity contribution in [2.45, 2.75) is 19.8 Å². The van der Waals surface area contributed by atoms with Crippen LogP contribution in [0.15, 0.2) is 91.0 Å². The van der Waals surface area contributed by atoms with Gasteiger partial charge < -0.3 is 14.6 Å². The number of aliphatic hydroxyl groups excluding tert-OH is 1. The molecule has 1 N–H and O–H groups in total. The number of benzene rings is 3. The summed E-state index contributed by atoms with van der Waals surface area (Å²) < 4.78 is 12.0. The molecule has 5 heteroatoms. The molecule has 0 amide bonds. The minimum absolute atomic E-state index is 0.0298. The first-order valence-electron chi connectivity index (χ1n) is 10.4. The lowest BCUT2D eigenvalue weighted by Crippen LogP contribution is -2.04. The number of ether oxygens (including phenoxy) is 2. The van der Waals surface area contributed by atoms with Crippen molar-refractivity contribution in [3.05, 3.63) is 119 Å². The zero-order valence-corrected chi connectivity index (χ0v) is 17.6. The fourth-order valence-electron chi connectivity index (χ4n) is 3.04. The molecule has 3 aromatic carbocycles. The molecule has 0 atom stereocenters. The summed E-state index contributed by atoms with van der Waals surface area (Å²) in [5.74, 6) is 0.893. The molecule has 0 radical (unpaired) electrons. The molecule has 0 aliphatic rings. The summed E-state index contributed by atoms with van der Waals surface area (Å²) in [5, 5.41) is 17.7. The lowest BCUT2D eigenvalue weighted by Gasteiger charge is -2.12. The van der Waals surface area contributed by atoms with Gasteiger partial charge in [0.1, 0.15) is 13.2 Å². The van der Waals surface area contributed by atoms with Crippen LogP contribution in [-0.4, -0.2) is 15.3 Å². The number of aliphatic hydroxyl groups is 1. The van der Waals surface area contributed by atoms with E-state index in [0.717, 1.165) is 22.3 Å². The average Bonchev–Trinajstić information content (AvgIpc) is 2.87. The molecule has 0 aliphatic heterocycles. The zero-order valence-electron chi connectivity index (χ0n) is 17.6. The summed E-state index contributed by atoms with van der Waals surface area (Å²) in [6.07, 6.45) is 3.81. The minimum atomic E-state index is 0.0298. The first kappa shape index (κ1) is 21.3. The van der Waals surface area contributed by atoms with Crippen LogP contribution >= 0.6 is 0 Å². The van der Waals surface area contributed by atoms with Crippen molar-refractivity contribution >= 4 is 12.2 Å². The van der Waals surface area contributed by atoms with Crippen LogP contribution in [0.2, 0.25) is 0 Å². The van der Waals surface area contributed by atoms with Crippen molar-refractivity contribution in [3.8, 4) is 11.6 Å². The summed E-state index contributed by atoms with van der Waals surface area (Å²) >= 11 is 0. The van der Waals surface area contributed by atoms with Gasteiger partial charge in [0.2, 0.25) is 0 Å². The second kappa shape index (κ2) is 10.9. The van der Waals surface area contributed by atoms with Gasteiger partial charge in [-0.3, -0.25) is 0 Å². The average molecular weight is 425 g/mol. The number of nitrogens with zero attached hydrogens (tertiary/aromatic N) is 2. The normalized spacial score (nSPS) is 10.9. The maximum Gasteiger partial charge on any atom is 0.276 e. The molecule has 0 unspecified atom stereocenters. The Balaban J connectivity index is 1.52. The van der Waals surface area contributed by atoms with Crippen LogP contribution in [0.4, 0.5) is 0 Å². The van der Waals surface area contributed by atoms with Crippen LogP contribution in [0.25, 0.3) is 12.2 Å². The Morgan fingerprint density at radius 2 is 1.28 bits per heavy atom. The highest BCUT2D eigenvalue weighted by Gasteiger charge is 2.10. The van der Waals surface area contributed by atoms with Crippen LogP contribution in [0.5, 0.6) is 11.6 Å². The Morgan fingerprint density at radius 3 is 1.91 bits per heavy atom. The van der Waals surface area contributed by atoms with E-state index in [-0.39, 0.29) is 6.61 Å². The quantitative estimate of drug-likeness (QED) is 0.395. The Kier molecular flexibility index (Phi) is 7.24. The largest absolute Gasteiger partial charge is 0.483 e. The highest BCUT2D eigenvalue weighted by atomic mass is 16.5. The van der Waals surface area contributed by atoms with Crippen molar-refractivity contribution in [1.82, 2.24) is 10.2 Å². The smallest absolute Gasteiger partial charge is 0.276 e. The molecule has 5 nitrogen and oxygen atoms in total. The van der Waals surface area contributed by atoms with Crippen molar-refractivity contribution in [2.75, 3.05) is 0 Å². The maximum absolute atomic E-state index is 9.18. The molecule has 0 saturated carbocycles. The van der Waals surface area contributed by atoms with E-state index in [0.29, 0.717) is 30.5 Å². The Morgan fingerprint density at radius 1 is 0.656 bits per heavy atom. The van der Waals surface area contributed by atoms with E-state index in [4.69, 9.17) is 9.47 Å². The fraction of sp³-hybridized carbons (Fsp3) is 0.111. The standard InChI is InChI=1S/C27H24N2O3/c30-18-22-13-11-21(12-14-22)15-16-25-17-26(31-19-23-7-3-1-4-8-23)27(29-28-25)32-20-24-9-5-2-6-10-24/h1-17,30H,18-20H2/b16-15+. The van der Waals surface area contributed by atoms with Crippen LogP contribution in [0, 0.1) is 0 Å². The predicted octanol–water partition coefficient (Wildman–Crippen LogP) is 5.30. The zero-order chi connectivity index (χ0) is 22.0. The van der Waals surface area contributed by atoms with Crippen molar-refractivity contribution in [3.63, 3.8) is 0 Å². The summed E-state index contributed by atoms with van der Waals surface area (Å²) in [6.45, 7) is 0.811. The molecular weight excluding hydrogens is 400 g/mol. The predicted molar refractivity (Wildman–Crippen MR) is 125 cm³/mol. The molecule has 4 rings (SSSR count). The van der Waals surface area contributed by atoms with Gasteiger partial charge in [-0.05, 0) is 28.3 Å². The molecule has 0 bridgehead atoms. The van der Waals surface area contributed by atoms with E-state index in [1.807, 2.05) is 103 Å². The third kappa shape index (κ3) is 6.03. The second-order valence-electron chi connectivity index (χ2n) is 7.22. The van der Waals surface area contributed by atoms with Crippen molar-refractivity contribution in [2.24, 2.45) is 0 Å². The molecule has 0 aliphatic carbocycles. The van der Waals surface area contributed by atoms with Gasteiger partial charge in [0.05, 0.1) is 12.3 Å². The number of hydrogen-bond donors (Lipinski definition) is 1. The topological polar surface area (TPSA) is 64.5 Å². The van der Waals surface area contributed by atoms with Crippen molar-refractivity contribution in [1.29, 1.82) is 0 Å². The molecule has 4 aromatic rings. The van der Waals surface area contributed by atoms with Crippen LogP contribution < -0.4 is 9.47 Å². The van der Waals surface area contributed by atoms with Gasteiger partial charge in [0.15, 0.2) is 5.75 Å². The highest BCUT2D eigenvalue weighted by Crippen LogP contribution is 2.27. The molecule has 1 heterocycles. The van der Waals surface area contributed by atoms with Gasteiger partial charge >= 0.3 is 0 Å². The van der Waals surface area contributed by atoms with E-state index in [2.05, 4.69) is 10.2 Å². The van der Waals surface area contributed by atoms with Crippen LogP contribution in [0.1, 0.15) is 27.9 Å². The van der Waals surface area contributed by atoms with E-state index >= 15 is 0 Å². The van der Waals surface area contributed by atoms with Crippen molar-refractivity contribution < 1.29 is 14.6 Å². The van der Waals surface area contributed by atoms with Gasteiger partial charge in [-0.1, -0.05) is 91.0 Å². The first-order chi connectivity index (χ1) is 15.8. The van der Waals surface area contributed by atoms with Gasteiger partial charge in [-0.15, -0.1) is 10.2 Å². The van der Waals surface area contributed by atoms with Crippen LogP contribution in [-0.2, 0) is 19.8 Å². The summed E-state index contributed by atoms with van der Waals surface area (Å²) in [6, 6.07) is 29.3. The SMILES string of the molecule is OCc1ccc(/C=C/c2cc(OCc3ccccc3)c(OCc3ccccc3)nn2)cc1. The minimum Gasteiger partial charge on any atom is -0.483 e. The van der Waals surface area contributed by atoms with Crippen LogP contribution in [0.3, 0.4) is 0 Å². The Hall–Kier alpha value is -3.96. The third-order valence-electron chi connectivity index (χ3n) is 4.81. The van der Waals surface area contributed by atoms with E-state index < -0.39 is 0 Å². The van der Waals surface area contributed by atoms with E-state index in [1.54, 1.807) is 0 Å². The molecule has 1 aromatic heterocycles. The summed E-state index contributed by atoms with van der Waals surface area (Å²) in [5.41, 5.74) is 4.63. The van der Waals surface area contributed by atoms with Gasteiger partial charge in [0.25, 0.3) is 5.88 Å². The molecule has 0 saturated heterocycles. The summed E-state index contributed by atoms with van der Waals surface area (Å²) in [4.78, 5) is 0. The lowest BCUT2D eigenvalue weighted by molar-refractivity contribution is 0.244. The monoisotopic (exact) mass is 424 g/mol. The Labute approximate surface area is 187 Å². The third-order valence-corrected chi connectivity index (χ3v) is 4.81. The van der Waals surface area contributed by atoms with E-state index in [9.17, 15) is 5.11 Å². The number of rotatable bonds is 9. The number of hydrogen-bond acceptors (Lipinski definition) is 5. The second-order valence-corrected chi connectivity index (χ2v) is 7.22. The molecule has 0 fully saturated rings. The molecule has 0 spiro atoms. The lowest BCUT2D eigenvalue weighted by atomic mass is 10.1. The molecule has 32 heavy (non-hydrogen) atoms. The Bertz CT molecular complexity index is 1140. The van der Waals surface area contributed by atoms with E-state index in [1.165, 1.54) is 0 Å². The maximum atomic E-state index is 9.18. The summed E-state index contributed by atoms with van der Waals surface area (Å²) in [7, 11) is 0. The van der Waals surface area contributed by atoms with Gasteiger partial charge in [-0.25, -0.2) is 0 Å². The number of aromatic nitrogens is 2. The van der Waals surface area contributed by atoms with Gasteiger partial charge in [0, 0.05) is 6.07 Å². The van der Waals surface area contributed by atoms with Gasteiger partial charge in [-0.2, -0.15) is 0 Å². The first-order valence-corrected chi connectivity index (χ1v) is 10.4. The highest BCUT2D eigenvalue weighted by molar-refractivity contribution is 5.68. The molecule has 160 valence electrons.